The second-order valence-corrected chi connectivity index (χ2v) is 11.9. The molecule has 0 spiro atoms. The number of urea groups is 1. The fraction of sp³-hybridized carbons (Fsp3) is 0.533. The molecule has 228 valence electrons. The number of carbonyl (C=O) groups excluding carboxylic acids is 2. The number of nitrogens with one attached hydrogen (secondary N) is 2. The van der Waals surface area contributed by atoms with Crippen molar-refractivity contribution >= 4 is 40.8 Å². The van der Waals surface area contributed by atoms with Crippen molar-refractivity contribution in [1.29, 1.82) is 0 Å². The van der Waals surface area contributed by atoms with Crippen molar-refractivity contribution in [3.8, 4) is 5.75 Å². The van der Waals surface area contributed by atoms with Crippen LogP contribution in [0.5, 0.6) is 5.75 Å². The lowest BCUT2D eigenvalue weighted by Gasteiger charge is -2.46. The van der Waals surface area contributed by atoms with Crippen LogP contribution in [0.4, 0.5) is 33.6 Å². The first-order valence-corrected chi connectivity index (χ1v) is 14.3. The first-order valence-electron chi connectivity index (χ1n) is 14.3. The lowest BCUT2D eigenvalue weighted by molar-refractivity contribution is -0.111. The van der Waals surface area contributed by atoms with Crippen LogP contribution in [0.1, 0.15) is 39.2 Å². The van der Waals surface area contributed by atoms with E-state index in [4.69, 9.17) is 14.5 Å². The predicted octanol–water partition coefficient (Wildman–Crippen LogP) is 4.07. The highest BCUT2D eigenvalue weighted by Crippen LogP contribution is 2.39. The molecule has 42 heavy (non-hydrogen) atoms. The number of rotatable bonds is 10. The summed E-state index contributed by atoms with van der Waals surface area (Å²) in [6.45, 7) is 12.9. The van der Waals surface area contributed by atoms with Gasteiger partial charge in [0.15, 0.2) is 0 Å². The molecule has 0 saturated carbocycles. The van der Waals surface area contributed by atoms with Gasteiger partial charge in [0.1, 0.15) is 11.6 Å². The third-order valence-electron chi connectivity index (χ3n) is 7.50. The molecule has 2 aromatic rings. The quantitative estimate of drug-likeness (QED) is 0.401. The number of ether oxygens (including phenoxy) is 2. The number of benzene rings is 1. The number of fused-ring (bicyclic) bond motifs is 1. The molecule has 3 amide bonds. The largest absolute Gasteiger partial charge is 0.494 e. The molecule has 0 unspecified atom stereocenters. The Kier molecular flexibility index (Phi) is 9.57. The fourth-order valence-electron chi connectivity index (χ4n) is 5.06. The van der Waals surface area contributed by atoms with E-state index in [9.17, 15) is 9.59 Å². The van der Waals surface area contributed by atoms with Gasteiger partial charge in [-0.3, -0.25) is 9.69 Å². The SMILES string of the molecule is C=CC(=O)Nc1cc(Nc2ncc3c(n2)N(C2CCOCC2)C(=O)N(C(C)(C)C)C3)c(OC)cc1N(C)CCN(C)C. The standard InChI is InChI=1S/C30H44N8O4/c1-9-26(39)32-22-16-23(25(41-8)17-24(22)36(7)13-12-35(5)6)33-28-31-18-20-19-37(30(2,3)4)29(40)38(27(20)34-28)21-10-14-42-15-11-21/h9,16-18,21H,1,10-15,19H2,2-8H3,(H,32,39)(H,31,33,34). The van der Waals surface area contributed by atoms with Gasteiger partial charge in [-0.05, 0) is 59.9 Å². The highest BCUT2D eigenvalue weighted by atomic mass is 16.5. The maximum Gasteiger partial charge on any atom is 0.326 e. The van der Waals surface area contributed by atoms with E-state index >= 15 is 0 Å². The van der Waals surface area contributed by atoms with Crippen molar-refractivity contribution in [2.45, 2.75) is 51.7 Å². The van der Waals surface area contributed by atoms with Gasteiger partial charge >= 0.3 is 6.03 Å². The molecule has 2 aliphatic heterocycles. The third kappa shape index (κ3) is 6.93. The van der Waals surface area contributed by atoms with E-state index in [1.165, 1.54) is 6.08 Å². The van der Waals surface area contributed by atoms with Crippen LogP contribution >= 0.6 is 0 Å². The van der Waals surface area contributed by atoms with E-state index < -0.39 is 0 Å². The molecule has 1 aromatic carbocycles. The number of methoxy groups -OCH3 is 1. The number of likely N-dealkylation sites (N-methyl/N-ethyl adjacent to an activating group) is 2. The zero-order chi connectivity index (χ0) is 30.6. The maximum atomic E-state index is 13.8. The van der Waals surface area contributed by atoms with Crippen molar-refractivity contribution < 1.29 is 19.1 Å². The summed E-state index contributed by atoms with van der Waals surface area (Å²) in [5, 5.41) is 6.19. The van der Waals surface area contributed by atoms with Gasteiger partial charge in [0, 0.05) is 62.8 Å². The minimum Gasteiger partial charge on any atom is -0.494 e. The average Bonchev–Trinajstić information content (AvgIpc) is 2.95. The molecule has 2 N–H and O–H groups in total. The van der Waals surface area contributed by atoms with Crippen molar-refractivity contribution in [1.82, 2.24) is 19.8 Å². The summed E-state index contributed by atoms with van der Waals surface area (Å²) >= 11 is 0. The van der Waals surface area contributed by atoms with E-state index in [1.54, 1.807) is 19.4 Å². The van der Waals surface area contributed by atoms with Crippen LogP contribution in [-0.4, -0.2) is 97.8 Å². The van der Waals surface area contributed by atoms with Crippen molar-refractivity contribution in [2.24, 2.45) is 0 Å². The van der Waals surface area contributed by atoms with Gasteiger partial charge in [-0.1, -0.05) is 6.58 Å². The van der Waals surface area contributed by atoms with Crippen LogP contribution in [0.2, 0.25) is 0 Å². The summed E-state index contributed by atoms with van der Waals surface area (Å²) in [6, 6.07) is 3.58. The molecule has 3 heterocycles. The Balaban J connectivity index is 1.72. The summed E-state index contributed by atoms with van der Waals surface area (Å²) in [6.07, 6.45) is 4.48. The number of hydrogen-bond donors (Lipinski definition) is 2. The maximum absolute atomic E-state index is 13.8. The predicted molar refractivity (Wildman–Crippen MR) is 166 cm³/mol. The monoisotopic (exact) mass is 580 g/mol. The van der Waals surface area contributed by atoms with Crippen LogP contribution < -0.4 is 25.2 Å². The molecule has 1 fully saturated rings. The Bertz CT molecular complexity index is 1300. The summed E-state index contributed by atoms with van der Waals surface area (Å²) in [4.78, 5) is 43.5. The normalized spacial score (nSPS) is 15.9. The summed E-state index contributed by atoms with van der Waals surface area (Å²) in [5.41, 5.74) is 2.46. The summed E-state index contributed by atoms with van der Waals surface area (Å²) < 4.78 is 11.3. The van der Waals surface area contributed by atoms with Gasteiger partial charge in [-0.15, -0.1) is 0 Å². The second kappa shape index (κ2) is 13.0. The highest BCUT2D eigenvalue weighted by Gasteiger charge is 2.41. The van der Waals surface area contributed by atoms with E-state index in [0.717, 1.165) is 37.2 Å². The van der Waals surface area contributed by atoms with E-state index in [2.05, 4.69) is 32.0 Å². The first kappa shape index (κ1) is 31.0. The third-order valence-corrected chi connectivity index (χ3v) is 7.50. The molecule has 12 heteroatoms. The van der Waals surface area contributed by atoms with Crippen molar-refractivity contribution in [2.75, 3.05) is 75.0 Å². The molecule has 1 saturated heterocycles. The number of hydrogen-bond acceptors (Lipinski definition) is 9. The Labute approximate surface area is 248 Å². The van der Waals surface area contributed by atoms with Crippen LogP contribution in [0.15, 0.2) is 31.0 Å². The Hall–Kier alpha value is -3.90. The van der Waals surface area contributed by atoms with Gasteiger partial charge in [-0.2, -0.15) is 4.98 Å². The summed E-state index contributed by atoms with van der Waals surface area (Å²) in [5.74, 6) is 1.14. The van der Waals surface area contributed by atoms with E-state index in [-0.39, 0.29) is 23.5 Å². The van der Waals surface area contributed by atoms with Crippen LogP contribution in [-0.2, 0) is 16.1 Å². The average molecular weight is 581 g/mol. The van der Waals surface area contributed by atoms with Crippen LogP contribution in [0.3, 0.4) is 0 Å². The van der Waals surface area contributed by atoms with Crippen LogP contribution in [0.25, 0.3) is 0 Å². The summed E-state index contributed by atoms with van der Waals surface area (Å²) in [7, 11) is 7.58. The van der Waals surface area contributed by atoms with Crippen molar-refractivity contribution in [3.05, 3.63) is 36.5 Å². The van der Waals surface area contributed by atoms with Crippen LogP contribution in [0, 0.1) is 0 Å². The lowest BCUT2D eigenvalue weighted by atomic mass is 10.0. The minimum absolute atomic E-state index is 0.0230. The molecule has 0 radical (unpaired) electrons. The molecule has 0 bridgehead atoms. The smallest absolute Gasteiger partial charge is 0.326 e. The van der Waals surface area contributed by atoms with E-state index in [1.807, 2.05) is 57.8 Å². The number of amides is 3. The van der Waals surface area contributed by atoms with Crippen molar-refractivity contribution in [3.63, 3.8) is 0 Å². The van der Waals surface area contributed by atoms with E-state index in [0.29, 0.717) is 48.6 Å². The van der Waals surface area contributed by atoms with Gasteiger partial charge in [0.2, 0.25) is 11.9 Å². The molecular formula is C30H44N8O4. The van der Waals surface area contributed by atoms with Gasteiger partial charge < -0.3 is 34.8 Å². The zero-order valence-electron chi connectivity index (χ0n) is 25.9. The second-order valence-electron chi connectivity index (χ2n) is 11.9. The highest BCUT2D eigenvalue weighted by molar-refractivity contribution is 6.02. The first-order chi connectivity index (χ1) is 19.9. The van der Waals surface area contributed by atoms with Gasteiger partial charge in [0.05, 0.1) is 30.7 Å². The number of anilines is 5. The molecule has 12 nitrogen and oxygen atoms in total. The Morgan fingerprint density at radius 1 is 1.19 bits per heavy atom. The topological polar surface area (TPSA) is 115 Å². The Morgan fingerprint density at radius 2 is 1.90 bits per heavy atom. The molecular weight excluding hydrogens is 536 g/mol. The molecule has 1 aromatic heterocycles. The molecule has 0 aliphatic carbocycles. The number of nitrogens with zero attached hydrogens (tertiary/aromatic N) is 6. The van der Waals surface area contributed by atoms with Gasteiger partial charge in [0.25, 0.3) is 0 Å². The molecule has 2 aliphatic rings. The molecule has 0 atom stereocenters. The fourth-order valence-corrected chi connectivity index (χ4v) is 5.06. The number of aromatic nitrogens is 2. The lowest BCUT2D eigenvalue weighted by Crippen LogP contribution is -2.58. The zero-order valence-corrected chi connectivity index (χ0v) is 25.9. The molecule has 4 rings (SSSR count). The number of carbonyl (C=O) groups is 2. The minimum atomic E-state index is -0.365. The van der Waals surface area contributed by atoms with Gasteiger partial charge in [-0.25, -0.2) is 9.78 Å². The Morgan fingerprint density at radius 3 is 2.52 bits per heavy atom.